The van der Waals surface area contributed by atoms with Crippen molar-refractivity contribution in [3.05, 3.63) is 53.6 Å². The molecule has 0 bridgehead atoms. The fraction of sp³-hybridized carbons (Fsp3) is 0.333. The molecule has 8 heteroatoms. The number of amides is 2. The van der Waals surface area contributed by atoms with Crippen LogP contribution in [0.3, 0.4) is 0 Å². The van der Waals surface area contributed by atoms with Crippen molar-refractivity contribution in [2.45, 2.75) is 13.0 Å². The van der Waals surface area contributed by atoms with Gasteiger partial charge in [-0.3, -0.25) is 14.5 Å². The number of hydrogen-bond acceptors (Lipinski definition) is 5. The molecule has 2 N–H and O–H groups in total. The van der Waals surface area contributed by atoms with E-state index in [9.17, 15) is 9.59 Å². The minimum absolute atomic E-state index is 0.0783. The fourth-order valence-electron chi connectivity index (χ4n) is 2.83. The highest BCUT2D eigenvalue weighted by molar-refractivity contribution is 6.32. The van der Waals surface area contributed by atoms with Gasteiger partial charge in [0.25, 0.3) is 5.91 Å². The number of nitrogens with one attached hydrogen (secondary N) is 2. The molecule has 2 aromatic rings. The van der Waals surface area contributed by atoms with Gasteiger partial charge in [0, 0.05) is 24.5 Å². The molecule has 1 unspecified atom stereocenters. The summed E-state index contributed by atoms with van der Waals surface area (Å²) in [6.45, 7) is 4.80. The van der Waals surface area contributed by atoms with Crippen LogP contribution < -0.4 is 15.4 Å². The van der Waals surface area contributed by atoms with Gasteiger partial charge >= 0.3 is 0 Å². The second-order valence-electron chi connectivity index (χ2n) is 6.69. The van der Waals surface area contributed by atoms with Crippen LogP contribution in [0.4, 0.5) is 11.4 Å². The number of rotatable bonds is 7. The van der Waals surface area contributed by atoms with Crippen molar-refractivity contribution >= 4 is 34.8 Å². The summed E-state index contributed by atoms with van der Waals surface area (Å²) in [5.74, 6) is 0.0783. The van der Waals surface area contributed by atoms with Crippen molar-refractivity contribution in [2.24, 2.45) is 0 Å². The van der Waals surface area contributed by atoms with Gasteiger partial charge in [0.05, 0.1) is 24.8 Å². The molecule has 0 saturated carbocycles. The molecule has 2 aromatic carbocycles. The van der Waals surface area contributed by atoms with Crippen LogP contribution in [0.25, 0.3) is 0 Å². The SMILES string of the molecule is CC(Oc1ccccc1Cl)C(=O)Nc1ccc(NC(=O)CN2CCOCC2)cc1. The zero-order chi connectivity index (χ0) is 20.6. The van der Waals surface area contributed by atoms with Gasteiger partial charge in [0.1, 0.15) is 5.75 Å². The number of carbonyl (C=O) groups excluding carboxylic acids is 2. The van der Waals surface area contributed by atoms with E-state index >= 15 is 0 Å². The standard InChI is InChI=1S/C21H24ClN3O4/c1-15(29-19-5-3-2-4-18(19)22)21(27)24-17-8-6-16(7-9-17)23-20(26)14-25-10-12-28-13-11-25/h2-9,15H,10-14H2,1H3,(H,23,26)(H,24,27). The summed E-state index contributed by atoms with van der Waals surface area (Å²) in [7, 11) is 0. The van der Waals surface area contributed by atoms with Gasteiger partial charge in [0.2, 0.25) is 5.91 Å². The Bertz CT molecular complexity index is 838. The molecule has 0 aliphatic carbocycles. The smallest absolute Gasteiger partial charge is 0.265 e. The fourth-order valence-corrected chi connectivity index (χ4v) is 3.01. The molecule has 0 radical (unpaired) electrons. The zero-order valence-corrected chi connectivity index (χ0v) is 16.9. The van der Waals surface area contributed by atoms with Crippen LogP contribution in [0.1, 0.15) is 6.92 Å². The van der Waals surface area contributed by atoms with Gasteiger partial charge in [-0.25, -0.2) is 0 Å². The zero-order valence-electron chi connectivity index (χ0n) is 16.2. The molecule has 0 spiro atoms. The summed E-state index contributed by atoms with van der Waals surface area (Å²) in [5, 5.41) is 6.09. The van der Waals surface area contributed by atoms with Crippen LogP contribution in [0.15, 0.2) is 48.5 Å². The van der Waals surface area contributed by atoms with Gasteiger partial charge < -0.3 is 20.1 Å². The van der Waals surface area contributed by atoms with Crippen molar-refractivity contribution in [2.75, 3.05) is 43.5 Å². The van der Waals surface area contributed by atoms with E-state index < -0.39 is 6.10 Å². The van der Waals surface area contributed by atoms with Gasteiger partial charge in [-0.1, -0.05) is 23.7 Å². The molecule has 1 aliphatic rings. The lowest BCUT2D eigenvalue weighted by atomic mass is 10.2. The lowest BCUT2D eigenvalue weighted by Crippen LogP contribution is -2.41. The summed E-state index contributed by atoms with van der Waals surface area (Å²) in [6.07, 6.45) is -0.720. The molecule has 1 saturated heterocycles. The number of nitrogens with zero attached hydrogens (tertiary/aromatic N) is 1. The van der Waals surface area contributed by atoms with Gasteiger partial charge in [0.15, 0.2) is 6.10 Å². The number of benzene rings is 2. The Balaban J connectivity index is 1.48. The first kappa shape index (κ1) is 21.1. The largest absolute Gasteiger partial charge is 0.479 e. The number of para-hydroxylation sites is 1. The predicted octanol–water partition coefficient (Wildman–Crippen LogP) is 3.02. The maximum absolute atomic E-state index is 12.3. The second kappa shape index (κ2) is 10.2. The Morgan fingerprint density at radius 2 is 1.69 bits per heavy atom. The lowest BCUT2D eigenvalue weighted by molar-refractivity contribution is -0.122. The van der Waals surface area contributed by atoms with Crippen LogP contribution in [-0.2, 0) is 14.3 Å². The normalized spacial score (nSPS) is 15.4. The van der Waals surface area contributed by atoms with Crippen molar-refractivity contribution in [1.29, 1.82) is 0 Å². The third kappa shape index (κ3) is 6.45. The van der Waals surface area contributed by atoms with E-state index in [2.05, 4.69) is 10.6 Å². The van der Waals surface area contributed by atoms with E-state index in [0.29, 0.717) is 41.9 Å². The molecule has 0 aromatic heterocycles. The average Bonchev–Trinajstić information content (AvgIpc) is 2.72. The first-order valence-corrected chi connectivity index (χ1v) is 9.81. The Hall–Kier alpha value is -2.61. The highest BCUT2D eigenvalue weighted by Gasteiger charge is 2.17. The van der Waals surface area contributed by atoms with Crippen molar-refractivity contribution < 1.29 is 19.1 Å². The van der Waals surface area contributed by atoms with Crippen molar-refractivity contribution in [3.8, 4) is 5.75 Å². The van der Waals surface area contributed by atoms with E-state index in [4.69, 9.17) is 21.1 Å². The second-order valence-corrected chi connectivity index (χ2v) is 7.10. The highest BCUT2D eigenvalue weighted by atomic mass is 35.5. The highest BCUT2D eigenvalue weighted by Crippen LogP contribution is 2.24. The van der Waals surface area contributed by atoms with Gasteiger partial charge in [-0.15, -0.1) is 0 Å². The molecule has 29 heavy (non-hydrogen) atoms. The van der Waals surface area contributed by atoms with Crippen LogP contribution in [0, 0.1) is 0 Å². The maximum Gasteiger partial charge on any atom is 0.265 e. The van der Waals surface area contributed by atoms with E-state index in [1.54, 1.807) is 55.5 Å². The van der Waals surface area contributed by atoms with Crippen molar-refractivity contribution in [3.63, 3.8) is 0 Å². The Kier molecular flexibility index (Phi) is 7.46. The quantitative estimate of drug-likeness (QED) is 0.723. The van der Waals surface area contributed by atoms with E-state index in [1.165, 1.54) is 0 Å². The molecular weight excluding hydrogens is 394 g/mol. The summed E-state index contributed by atoms with van der Waals surface area (Å²) in [4.78, 5) is 26.5. The summed E-state index contributed by atoms with van der Waals surface area (Å²) < 4.78 is 10.9. The topological polar surface area (TPSA) is 79.9 Å². The Morgan fingerprint density at radius 3 is 2.34 bits per heavy atom. The van der Waals surface area contributed by atoms with E-state index in [-0.39, 0.29) is 11.8 Å². The number of ether oxygens (including phenoxy) is 2. The predicted molar refractivity (Wildman–Crippen MR) is 113 cm³/mol. The molecular formula is C21H24ClN3O4. The van der Waals surface area contributed by atoms with E-state index in [0.717, 1.165) is 13.1 Å². The molecule has 154 valence electrons. The third-order valence-electron chi connectivity index (χ3n) is 4.42. The number of halogens is 1. The molecule has 1 aliphatic heterocycles. The number of anilines is 2. The van der Waals surface area contributed by atoms with Crippen LogP contribution >= 0.6 is 11.6 Å². The monoisotopic (exact) mass is 417 g/mol. The first-order valence-electron chi connectivity index (χ1n) is 9.43. The number of carbonyl (C=O) groups is 2. The van der Waals surface area contributed by atoms with Gasteiger partial charge in [-0.05, 0) is 43.3 Å². The lowest BCUT2D eigenvalue weighted by Gasteiger charge is -2.25. The van der Waals surface area contributed by atoms with Crippen LogP contribution in [0.5, 0.6) is 5.75 Å². The molecule has 1 heterocycles. The van der Waals surface area contributed by atoms with Gasteiger partial charge in [-0.2, -0.15) is 0 Å². The molecule has 1 atom stereocenters. The maximum atomic E-state index is 12.3. The van der Waals surface area contributed by atoms with E-state index in [1.807, 2.05) is 4.90 Å². The number of morpholine rings is 1. The molecule has 1 fully saturated rings. The molecule has 3 rings (SSSR count). The molecule has 7 nitrogen and oxygen atoms in total. The van der Waals surface area contributed by atoms with Crippen LogP contribution in [-0.4, -0.2) is 55.7 Å². The summed E-state index contributed by atoms with van der Waals surface area (Å²) in [6, 6.07) is 13.9. The first-order chi connectivity index (χ1) is 14.0. The average molecular weight is 418 g/mol. The summed E-state index contributed by atoms with van der Waals surface area (Å²) in [5.41, 5.74) is 1.28. The minimum atomic E-state index is -0.720. The van der Waals surface area contributed by atoms with Crippen LogP contribution in [0.2, 0.25) is 5.02 Å². The summed E-state index contributed by atoms with van der Waals surface area (Å²) >= 11 is 6.05. The Labute approximate surface area is 174 Å². The number of hydrogen-bond donors (Lipinski definition) is 2. The Morgan fingerprint density at radius 1 is 1.07 bits per heavy atom. The van der Waals surface area contributed by atoms with Crippen molar-refractivity contribution in [1.82, 2.24) is 4.90 Å². The third-order valence-corrected chi connectivity index (χ3v) is 4.73. The molecule has 2 amide bonds. The minimum Gasteiger partial charge on any atom is -0.479 e.